The van der Waals surface area contributed by atoms with E-state index in [1.807, 2.05) is 0 Å². The van der Waals surface area contributed by atoms with Gasteiger partial charge in [0.2, 0.25) is 0 Å². The number of halogens is 1. The molecule has 2 heterocycles. The summed E-state index contributed by atoms with van der Waals surface area (Å²) in [6, 6.07) is 0. The molecule has 0 bridgehead atoms. The predicted octanol–water partition coefficient (Wildman–Crippen LogP) is 1.38. The Morgan fingerprint density at radius 1 is 1.25 bits per heavy atom. The molecule has 0 amide bonds. The number of nitrogens with zero attached hydrogens (tertiary/aromatic N) is 3. The van der Waals surface area contributed by atoms with Crippen molar-refractivity contribution in [3.05, 3.63) is 0 Å². The summed E-state index contributed by atoms with van der Waals surface area (Å²) < 4.78 is 5.28. The maximum Gasteiger partial charge on any atom is 0.193 e. The Balaban J connectivity index is 0.00000288. The second-order valence-corrected chi connectivity index (χ2v) is 6.72. The molecule has 0 aromatic rings. The van der Waals surface area contributed by atoms with Gasteiger partial charge in [-0.15, -0.1) is 24.0 Å². The highest BCUT2D eigenvalue weighted by Crippen LogP contribution is 2.16. The van der Waals surface area contributed by atoms with Gasteiger partial charge >= 0.3 is 0 Å². The van der Waals surface area contributed by atoms with Crippen molar-refractivity contribution in [3.63, 3.8) is 0 Å². The number of nitrogens with one attached hydrogen (secondary N) is 1. The fourth-order valence-electron chi connectivity index (χ4n) is 3.44. The van der Waals surface area contributed by atoms with Crippen LogP contribution < -0.4 is 5.32 Å². The summed E-state index contributed by atoms with van der Waals surface area (Å²) in [4.78, 5) is 9.61. The molecule has 2 rings (SSSR count). The molecule has 0 radical (unpaired) electrons. The van der Waals surface area contributed by atoms with Crippen LogP contribution in [0.3, 0.4) is 0 Å². The number of ether oxygens (including phenoxy) is 1. The Bertz CT molecular complexity index is 362. The summed E-state index contributed by atoms with van der Waals surface area (Å²) in [6.45, 7) is 10.00. The van der Waals surface area contributed by atoms with Crippen LogP contribution in [0.1, 0.15) is 32.6 Å². The van der Waals surface area contributed by atoms with Crippen molar-refractivity contribution < 1.29 is 9.84 Å². The van der Waals surface area contributed by atoms with Gasteiger partial charge in [0, 0.05) is 52.3 Å². The SMILES string of the molecule is CCNC(=NCCCN1CCC(O)CC1)N1CCC(COC)C1.I. The van der Waals surface area contributed by atoms with E-state index >= 15 is 0 Å². The number of hydrogen-bond donors (Lipinski definition) is 2. The van der Waals surface area contributed by atoms with Crippen LogP contribution in [0.25, 0.3) is 0 Å². The molecule has 0 saturated carbocycles. The molecule has 0 aromatic heterocycles. The van der Waals surface area contributed by atoms with E-state index in [1.54, 1.807) is 7.11 Å². The largest absolute Gasteiger partial charge is 0.393 e. The smallest absolute Gasteiger partial charge is 0.193 e. The fraction of sp³-hybridized carbons (Fsp3) is 0.941. The van der Waals surface area contributed by atoms with Crippen LogP contribution in [0.15, 0.2) is 4.99 Å². The normalized spacial score (nSPS) is 23.4. The molecule has 0 spiro atoms. The molecule has 1 unspecified atom stereocenters. The van der Waals surface area contributed by atoms with E-state index in [4.69, 9.17) is 9.73 Å². The summed E-state index contributed by atoms with van der Waals surface area (Å²) >= 11 is 0. The minimum absolute atomic E-state index is 0. The number of aliphatic hydroxyl groups excluding tert-OH is 1. The number of piperidine rings is 1. The average molecular weight is 454 g/mol. The average Bonchev–Trinajstić information content (AvgIpc) is 3.01. The zero-order chi connectivity index (χ0) is 16.5. The zero-order valence-electron chi connectivity index (χ0n) is 15.2. The first kappa shape index (κ1) is 21.9. The first-order valence-electron chi connectivity index (χ1n) is 9.15. The van der Waals surface area contributed by atoms with E-state index in [1.165, 1.54) is 6.42 Å². The number of rotatable bonds is 7. The van der Waals surface area contributed by atoms with Gasteiger partial charge in [0.15, 0.2) is 5.96 Å². The number of aliphatic imine (C=N–C) groups is 1. The molecule has 24 heavy (non-hydrogen) atoms. The summed E-state index contributed by atoms with van der Waals surface area (Å²) in [6.07, 6.45) is 4.02. The van der Waals surface area contributed by atoms with Crippen LogP contribution in [0.2, 0.25) is 0 Å². The van der Waals surface area contributed by atoms with Gasteiger partial charge in [-0.3, -0.25) is 4.99 Å². The van der Waals surface area contributed by atoms with Crippen molar-refractivity contribution >= 4 is 29.9 Å². The lowest BCUT2D eigenvalue weighted by atomic mass is 10.1. The van der Waals surface area contributed by atoms with E-state index < -0.39 is 0 Å². The molecule has 1 atom stereocenters. The summed E-state index contributed by atoms with van der Waals surface area (Å²) in [5.74, 6) is 1.68. The van der Waals surface area contributed by atoms with Gasteiger partial charge in [0.05, 0.1) is 12.7 Å². The summed E-state index contributed by atoms with van der Waals surface area (Å²) in [7, 11) is 1.78. The van der Waals surface area contributed by atoms with Gasteiger partial charge in [0.25, 0.3) is 0 Å². The van der Waals surface area contributed by atoms with Crippen molar-refractivity contribution in [1.82, 2.24) is 15.1 Å². The summed E-state index contributed by atoms with van der Waals surface area (Å²) in [5, 5.41) is 13.0. The third kappa shape index (κ3) is 7.41. The topological polar surface area (TPSA) is 60.3 Å². The van der Waals surface area contributed by atoms with Crippen molar-refractivity contribution in [3.8, 4) is 0 Å². The highest BCUT2D eigenvalue weighted by molar-refractivity contribution is 14.0. The first-order chi connectivity index (χ1) is 11.2. The number of methoxy groups -OCH3 is 1. The Kier molecular flexibility index (Phi) is 11.2. The van der Waals surface area contributed by atoms with Crippen molar-refractivity contribution in [1.29, 1.82) is 0 Å². The highest BCUT2D eigenvalue weighted by Gasteiger charge is 2.24. The van der Waals surface area contributed by atoms with Gasteiger partial charge in [-0.05, 0) is 39.2 Å². The van der Waals surface area contributed by atoms with Crippen LogP contribution in [-0.2, 0) is 4.74 Å². The molecule has 142 valence electrons. The van der Waals surface area contributed by atoms with Gasteiger partial charge in [-0.2, -0.15) is 0 Å². The molecular weight excluding hydrogens is 419 g/mol. The monoisotopic (exact) mass is 454 g/mol. The molecule has 2 aliphatic heterocycles. The molecular formula is C17H35IN4O2. The second kappa shape index (κ2) is 12.3. The minimum Gasteiger partial charge on any atom is -0.393 e. The molecule has 7 heteroatoms. The van der Waals surface area contributed by atoms with E-state index in [2.05, 4.69) is 22.0 Å². The maximum absolute atomic E-state index is 9.54. The van der Waals surface area contributed by atoms with Crippen LogP contribution in [0.5, 0.6) is 0 Å². The van der Waals surface area contributed by atoms with Crippen molar-refractivity contribution in [2.75, 3.05) is 59.5 Å². The molecule has 2 fully saturated rings. The van der Waals surface area contributed by atoms with Gasteiger partial charge < -0.3 is 25.0 Å². The van der Waals surface area contributed by atoms with E-state index in [0.717, 1.165) is 77.6 Å². The van der Waals surface area contributed by atoms with Crippen molar-refractivity contribution in [2.24, 2.45) is 10.9 Å². The minimum atomic E-state index is -0.0835. The Morgan fingerprint density at radius 3 is 2.67 bits per heavy atom. The number of hydrogen-bond acceptors (Lipinski definition) is 4. The summed E-state index contributed by atoms with van der Waals surface area (Å²) in [5.41, 5.74) is 0. The predicted molar refractivity (Wildman–Crippen MR) is 109 cm³/mol. The third-order valence-electron chi connectivity index (χ3n) is 4.77. The lowest BCUT2D eigenvalue weighted by molar-refractivity contribution is 0.0824. The molecule has 2 aliphatic rings. The maximum atomic E-state index is 9.54. The molecule has 2 saturated heterocycles. The van der Waals surface area contributed by atoms with Gasteiger partial charge in [-0.25, -0.2) is 0 Å². The van der Waals surface area contributed by atoms with Crippen LogP contribution >= 0.6 is 24.0 Å². The number of guanidine groups is 1. The first-order valence-corrected chi connectivity index (χ1v) is 9.15. The Hall–Kier alpha value is -0.120. The molecule has 0 aromatic carbocycles. The van der Waals surface area contributed by atoms with Crippen molar-refractivity contribution in [2.45, 2.75) is 38.7 Å². The van der Waals surface area contributed by atoms with E-state index in [0.29, 0.717) is 5.92 Å². The highest BCUT2D eigenvalue weighted by atomic mass is 127. The molecule has 0 aliphatic carbocycles. The third-order valence-corrected chi connectivity index (χ3v) is 4.77. The Labute approximate surface area is 164 Å². The lowest BCUT2D eigenvalue weighted by Gasteiger charge is -2.29. The Morgan fingerprint density at radius 2 is 2.00 bits per heavy atom. The zero-order valence-corrected chi connectivity index (χ0v) is 17.6. The quantitative estimate of drug-likeness (QED) is 0.264. The molecule has 2 N–H and O–H groups in total. The van der Waals surface area contributed by atoms with Gasteiger partial charge in [0.1, 0.15) is 0 Å². The van der Waals surface area contributed by atoms with Crippen LogP contribution in [0, 0.1) is 5.92 Å². The number of likely N-dealkylation sites (tertiary alicyclic amines) is 2. The lowest BCUT2D eigenvalue weighted by Crippen LogP contribution is -2.40. The van der Waals surface area contributed by atoms with Crippen LogP contribution in [0.4, 0.5) is 0 Å². The van der Waals surface area contributed by atoms with Gasteiger partial charge in [-0.1, -0.05) is 0 Å². The van der Waals surface area contributed by atoms with E-state index in [-0.39, 0.29) is 30.1 Å². The van der Waals surface area contributed by atoms with E-state index in [9.17, 15) is 5.11 Å². The number of aliphatic hydroxyl groups is 1. The fourth-order valence-corrected chi connectivity index (χ4v) is 3.44. The standard InChI is InChI=1S/C17H34N4O2.HI/c1-3-18-17(21-12-5-15(13-21)14-23-2)19-8-4-9-20-10-6-16(22)7-11-20;/h15-16,22H,3-14H2,1-2H3,(H,18,19);1H. The second-order valence-electron chi connectivity index (χ2n) is 6.72. The van der Waals surface area contributed by atoms with Crippen LogP contribution in [-0.4, -0.2) is 86.5 Å². The molecule has 6 nitrogen and oxygen atoms in total.